The van der Waals surface area contributed by atoms with E-state index in [1.807, 2.05) is 0 Å². The second-order valence-electron chi connectivity index (χ2n) is 3.27. The monoisotopic (exact) mass is 209 g/mol. The predicted molar refractivity (Wildman–Crippen MR) is 41.5 cm³/mol. The maximum Gasteiger partial charge on any atom is 0.397 e. The molecule has 1 aliphatic carbocycles. The van der Waals surface area contributed by atoms with E-state index < -0.39 is 24.5 Å². The fourth-order valence-corrected chi connectivity index (χ4v) is 1.40. The summed E-state index contributed by atoms with van der Waals surface area (Å²) in [6.45, 7) is 0. The van der Waals surface area contributed by atoms with Crippen molar-refractivity contribution in [3.63, 3.8) is 0 Å². The number of hydrogen-bond donors (Lipinski definition) is 1. The van der Waals surface area contributed by atoms with Crippen LogP contribution in [-0.2, 0) is 9.59 Å². The lowest BCUT2D eigenvalue weighted by Crippen LogP contribution is -2.39. The summed E-state index contributed by atoms with van der Waals surface area (Å²) in [6, 6.07) is -0.704. The molecule has 0 bridgehead atoms. The molecule has 1 aliphatic rings. The van der Waals surface area contributed by atoms with Crippen LogP contribution in [0.5, 0.6) is 0 Å². The number of ketones is 1. The van der Waals surface area contributed by atoms with E-state index >= 15 is 0 Å². The molecule has 3 nitrogen and oxygen atoms in total. The normalized spacial score (nSPS) is 22.5. The summed E-state index contributed by atoms with van der Waals surface area (Å²) < 4.78 is 35.2. The highest BCUT2D eigenvalue weighted by Gasteiger charge is 2.33. The topological polar surface area (TPSA) is 46.2 Å². The molecule has 6 heteroatoms. The van der Waals surface area contributed by atoms with Crippen molar-refractivity contribution in [2.45, 2.75) is 37.9 Å². The largest absolute Gasteiger partial charge is 0.397 e. The molecule has 1 fully saturated rings. The van der Waals surface area contributed by atoms with Gasteiger partial charge in [-0.1, -0.05) is 0 Å². The number of halogens is 3. The van der Waals surface area contributed by atoms with Gasteiger partial charge < -0.3 is 5.32 Å². The van der Waals surface area contributed by atoms with Crippen LogP contribution < -0.4 is 5.32 Å². The quantitative estimate of drug-likeness (QED) is 0.742. The molecule has 0 aromatic rings. The zero-order valence-electron chi connectivity index (χ0n) is 7.36. The Morgan fingerprint density at radius 2 is 2.14 bits per heavy atom. The molecule has 0 aromatic carbocycles. The summed E-state index contributed by atoms with van der Waals surface area (Å²) in [5.41, 5.74) is 0. The van der Waals surface area contributed by atoms with Crippen molar-refractivity contribution in [1.29, 1.82) is 0 Å². The SMILES string of the molecule is O=C(CC(F)(F)F)N[C@@H]1CCCC1=O. The zero-order valence-corrected chi connectivity index (χ0v) is 7.36. The van der Waals surface area contributed by atoms with Crippen molar-refractivity contribution in [1.82, 2.24) is 5.32 Å². The van der Waals surface area contributed by atoms with Crippen molar-refractivity contribution in [3.8, 4) is 0 Å². The first-order valence-electron chi connectivity index (χ1n) is 4.27. The van der Waals surface area contributed by atoms with Gasteiger partial charge in [-0.3, -0.25) is 9.59 Å². The Morgan fingerprint density at radius 3 is 2.57 bits per heavy atom. The molecule has 0 unspecified atom stereocenters. The third-order valence-electron chi connectivity index (χ3n) is 2.00. The van der Waals surface area contributed by atoms with E-state index in [1.54, 1.807) is 0 Å². The van der Waals surface area contributed by atoms with Gasteiger partial charge in [-0.25, -0.2) is 0 Å². The van der Waals surface area contributed by atoms with E-state index in [0.717, 1.165) is 0 Å². The second-order valence-corrected chi connectivity index (χ2v) is 3.27. The van der Waals surface area contributed by atoms with Crippen molar-refractivity contribution >= 4 is 11.7 Å². The first kappa shape index (κ1) is 11.0. The van der Waals surface area contributed by atoms with Gasteiger partial charge in [-0.2, -0.15) is 13.2 Å². The highest BCUT2D eigenvalue weighted by atomic mass is 19.4. The van der Waals surface area contributed by atoms with Crippen LogP contribution in [0.25, 0.3) is 0 Å². The molecule has 0 spiro atoms. The van der Waals surface area contributed by atoms with Gasteiger partial charge in [0, 0.05) is 6.42 Å². The van der Waals surface area contributed by atoms with Crippen LogP contribution >= 0.6 is 0 Å². The van der Waals surface area contributed by atoms with Crippen LogP contribution in [0.2, 0.25) is 0 Å². The Bertz CT molecular complexity index is 249. The molecular weight excluding hydrogens is 199 g/mol. The van der Waals surface area contributed by atoms with Gasteiger partial charge in [-0.05, 0) is 12.8 Å². The zero-order chi connectivity index (χ0) is 10.8. The molecule has 1 atom stereocenters. The summed E-state index contributed by atoms with van der Waals surface area (Å²) in [4.78, 5) is 21.8. The van der Waals surface area contributed by atoms with Gasteiger partial charge in [0.1, 0.15) is 6.42 Å². The van der Waals surface area contributed by atoms with Gasteiger partial charge in [0.25, 0.3) is 0 Å². The van der Waals surface area contributed by atoms with E-state index in [4.69, 9.17) is 0 Å². The van der Waals surface area contributed by atoms with Crippen LogP contribution in [0.4, 0.5) is 13.2 Å². The number of carbonyl (C=O) groups excluding carboxylic acids is 2. The van der Waals surface area contributed by atoms with Crippen molar-refractivity contribution < 1.29 is 22.8 Å². The molecule has 1 rings (SSSR count). The molecule has 14 heavy (non-hydrogen) atoms. The molecule has 1 amide bonds. The summed E-state index contributed by atoms with van der Waals surface area (Å²) in [7, 11) is 0. The number of amides is 1. The third kappa shape index (κ3) is 3.35. The van der Waals surface area contributed by atoms with Crippen LogP contribution in [0.1, 0.15) is 25.7 Å². The first-order valence-corrected chi connectivity index (χ1v) is 4.27. The van der Waals surface area contributed by atoms with Crippen LogP contribution in [0.3, 0.4) is 0 Å². The lowest BCUT2D eigenvalue weighted by atomic mass is 10.2. The lowest BCUT2D eigenvalue weighted by Gasteiger charge is -2.11. The molecule has 80 valence electrons. The Labute approximate surface area is 78.7 Å². The van der Waals surface area contributed by atoms with Gasteiger partial charge >= 0.3 is 6.18 Å². The number of Topliss-reactive ketones (excluding diaryl/α,β-unsaturated/α-hetero) is 1. The van der Waals surface area contributed by atoms with Gasteiger partial charge in [0.15, 0.2) is 5.78 Å². The lowest BCUT2D eigenvalue weighted by molar-refractivity contribution is -0.154. The molecule has 0 aliphatic heterocycles. The highest BCUT2D eigenvalue weighted by molar-refractivity contribution is 5.90. The Hall–Kier alpha value is -1.07. The summed E-state index contributed by atoms with van der Waals surface area (Å²) in [5.74, 6) is -1.31. The van der Waals surface area contributed by atoms with E-state index in [9.17, 15) is 22.8 Å². The van der Waals surface area contributed by atoms with Crippen molar-refractivity contribution in [3.05, 3.63) is 0 Å². The minimum Gasteiger partial charge on any atom is -0.346 e. The molecule has 0 saturated heterocycles. The number of alkyl halides is 3. The van der Waals surface area contributed by atoms with E-state index in [-0.39, 0.29) is 5.78 Å². The van der Waals surface area contributed by atoms with E-state index in [2.05, 4.69) is 5.32 Å². The second kappa shape index (κ2) is 3.98. The number of nitrogens with one attached hydrogen (secondary N) is 1. The van der Waals surface area contributed by atoms with Crippen molar-refractivity contribution in [2.75, 3.05) is 0 Å². The molecular formula is C8H10F3NO2. The molecule has 0 radical (unpaired) electrons. The van der Waals surface area contributed by atoms with E-state index in [0.29, 0.717) is 19.3 Å². The summed E-state index contributed by atoms with van der Waals surface area (Å²) in [5, 5.41) is 2.08. The Balaban J connectivity index is 2.37. The maximum atomic E-state index is 11.7. The number of hydrogen-bond acceptors (Lipinski definition) is 2. The smallest absolute Gasteiger partial charge is 0.346 e. The molecule has 0 heterocycles. The average molecular weight is 209 g/mol. The molecule has 0 aromatic heterocycles. The molecule has 1 saturated carbocycles. The Morgan fingerprint density at radius 1 is 1.50 bits per heavy atom. The highest BCUT2D eigenvalue weighted by Crippen LogP contribution is 2.20. The number of rotatable bonds is 2. The minimum absolute atomic E-state index is 0.180. The minimum atomic E-state index is -4.51. The predicted octanol–water partition coefficient (Wildman–Crippen LogP) is 1.18. The van der Waals surface area contributed by atoms with Crippen LogP contribution in [0.15, 0.2) is 0 Å². The van der Waals surface area contributed by atoms with Crippen LogP contribution in [-0.4, -0.2) is 23.9 Å². The standard InChI is InChI=1S/C8H10F3NO2/c9-8(10,11)4-7(14)12-5-2-1-3-6(5)13/h5H,1-4H2,(H,12,14)/t5-/m1/s1. The summed E-state index contributed by atoms with van der Waals surface area (Å²) >= 11 is 0. The van der Waals surface area contributed by atoms with Gasteiger partial charge in [0.2, 0.25) is 5.91 Å². The fraction of sp³-hybridized carbons (Fsp3) is 0.750. The maximum absolute atomic E-state index is 11.7. The summed E-state index contributed by atoms with van der Waals surface area (Å²) in [6.07, 6.45) is -4.60. The van der Waals surface area contributed by atoms with Crippen LogP contribution in [0, 0.1) is 0 Å². The van der Waals surface area contributed by atoms with Gasteiger partial charge in [0.05, 0.1) is 6.04 Å². The fourth-order valence-electron chi connectivity index (χ4n) is 1.40. The third-order valence-corrected chi connectivity index (χ3v) is 2.00. The average Bonchev–Trinajstić information content (AvgIpc) is 2.32. The van der Waals surface area contributed by atoms with E-state index in [1.165, 1.54) is 0 Å². The molecule has 1 N–H and O–H groups in total. The first-order chi connectivity index (χ1) is 6.38. The van der Waals surface area contributed by atoms with Crippen molar-refractivity contribution in [2.24, 2.45) is 0 Å². The Kier molecular flexibility index (Phi) is 3.13. The number of carbonyl (C=O) groups is 2. The van der Waals surface area contributed by atoms with Gasteiger partial charge in [-0.15, -0.1) is 0 Å².